The molecule has 19 heavy (non-hydrogen) atoms. The van der Waals surface area contributed by atoms with Crippen molar-refractivity contribution >= 4 is 23.2 Å². The van der Waals surface area contributed by atoms with Crippen LogP contribution >= 0.6 is 23.2 Å². The summed E-state index contributed by atoms with van der Waals surface area (Å²) in [6, 6.07) is 13.8. The first kappa shape index (κ1) is 13.9. The van der Waals surface area contributed by atoms with Gasteiger partial charge in [0, 0.05) is 0 Å². The van der Waals surface area contributed by atoms with E-state index in [1.807, 2.05) is 6.07 Å². The van der Waals surface area contributed by atoms with E-state index in [0.29, 0.717) is 26.7 Å². The quantitative estimate of drug-likeness (QED) is 0.904. The monoisotopic (exact) mass is 291 g/mol. The first-order valence-electron chi connectivity index (χ1n) is 5.63. The SMILES string of the molecule is CC(O)(c1ccc(C#N)cc1)c1ccc(Cl)c(Cl)c1. The van der Waals surface area contributed by atoms with Crippen molar-refractivity contribution in [2.75, 3.05) is 0 Å². The maximum atomic E-state index is 10.7. The van der Waals surface area contributed by atoms with Gasteiger partial charge in [-0.05, 0) is 42.3 Å². The maximum absolute atomic E-state index is 10.7. The zero-order valence-corrected chi connectivity index (χ0v) is 11.7. The molecule has 1 N–H and O–H groups in total. The highest BCUT2D eigenvalue weighted by Gasteiger charge is 2.26. The minimum atomic E-state index is -1.19. The van der Waals surface area contributed by atoms with Crippen LogP contribution in [0.1, 0.15) is 23.6 Å². The van der Waals surface area contributed by atoms with Crippen LogP contribution in [0.2, 0.25) is 10.0 Å². The molecule has 1 atom stereocenters. The van der Waals surface area contributed by atoms with Crippen LogP contribution in [0.25, 0.3) is 0 Å². The van der Waals surface area contributed by atoms with E-state index in [2.05, 4.69) is 0 Å². The molecule has 1 unspecified atom stereocenters. The Labute approximate surface area is 121 Å². The minimum Gasteiger partial charge on any atom is -0.381 e. The predicted octanol–water partition coefficient (Wildman–Crippen LogP) is 4.12. The average Bonchev–Trinajstić information content (AvgIpc) is 2.41. The smallest absolute Gasteiger partial charge is 0.112 e. The molecule has 0 aliphatic rings. The molecule has 2 rings (SSSR count). The summed E-state index contributed by atoms with van der Waals surface area (Å²) >= 11 is 11.8. The van der Waals surface area contributed by atoms with Gasteiger partial charge in [-0.15, -0.1) is 0 Å². The van der Waals surface area contributed by atoms with Crippen molar-refractivity contribution in [3.05, 3.63) is 69.2 Å². The summed E-state index contributed by atoms with van der Waals surface area (Å²) in [6.07, 6.45) is 0. The Hall–Kier alpha value is -1.53. The third kappa shape index (κ3) is 2.74. The van der Waals surface area contributed by atoms with Gasteiger partial charge in [0.05, 0.1) is 21.7 Å². The summed E-state index contributed by atoms with van der Waals surface area (Å²) in [6.45, 7) is 1.67. The Morgan fingerprint density at radius 1 is 1.00 bits per heavy atom. The number of rotatable bonds is 2. The van der Waals surface area contributed by atoms with Gasteiger partial charge in [0.2, 0.25) is 0 Å². The molecule has 0 saturated carbocycles. The fourth-order valence-corrected chi connectivity index (χ4v) is 2.13. The molecule has 0 heterocycles. The minimum absolute atomic E-state index is 0.396. The van der Waals surface area contributed by atoms with E-state index in [1.54, 1.807) is 49.4 Å². The maximum Gasteiger partial charge on any atom is 0.112 e. The fraction of sp³-hybridized carbons (Fsp3) is 0.133. The van der Waals surface area contributed by atoms with Crippen LogP contribution in [0.4, 0.5) is 0 Å². The van der Waals surface area contributed by atoms with Gasteiger partial charge in [-0.25, -0.2) is 0 Å². The molecule has 0 aliphatic heterocycles. The summed E-state index contributed by atoms with van der Waals surface area (Å²) < 4.78 is 0. The van der Waals surface area contributed by atoms with Crippen LogP contribution < -0.4 is 0 Å². The van der Waals surface area contributed by atoms with Gasteiger partial charge < -0.3 is 5.11 Å². The Morgan fingerprint density at radius 3 is 2.11 bits per heavy atom. The van der Waals surface area contributed by atoms with Crippen LogP contribution in [-0.4, -0.2) is 5.11 Å². The zero-order chi connectivity index (χ0) is 14.0. The highest BCUT2D eigenvalue weighted by molar-refractivity contribution is 6.42. The van der Waals surface area contributed by atoms with Crippen molar-refractivity contribution < 1.29 is 5.11 Å². The third-order valence-electron chi connectivity index (χ3n) is 3.06. The number of nitriles is 1. The van der Waals surface area contributed by atoms with Crippen molar-refractivity contribution in [3.8, 4) is 6.07 Å². The van der Waals surface area contributed by atoms with Crippen LogP contribution in [0.15, 0.2) is 42.5 Å². The summed E-state index contributed by atoms with van der Waals surface area (Å²) in [5, 5.41) is 20.3. The van der Waals surface area contributed by atoms with Gasteiger partial charge >= 0.3 is 0 Å². The molecule has 0 spiro atoms. The summed E-state index contributed by atoms with van der Waals surface area (Å²) in [7, 11) is 0. The highest BCUT2D eigenvalue weighted by Crippen LogP contribution is 2.33. The predicted molar refractivity (Wildman–Crippen MR) is 76.3 cm³/mol. The highest BCUT2D eigenvalue weighted by atomic mass is 35.5. The van der Waals surface area contributed by atoms with Gasteiger partial charge in [0.1, 0.15) is 5.60 Å². The van der Waals surface area contributed by atoms with Crippen molar-refractivity contribution in [1.82, 2.24) is 0 Å². The molecule has 0 saturated heterocycles. The lowest BCUT2D eigenvalue weighted by Crippen LogP contribution is -2.22. The van der Waals surface area contributed by atoms with E-state index in [-0.39, 0.29) is 0 Å². The number of hydrogen-bond acceptors (Lipinski definition) is 2. The standard InChI is InChI=1S/C15H11Cl2NO/c1-15(19,11-4-2-10(9-18)3-5-11)12-6-7-13(16)14(17)8-12/h2-8,19H,1H3. The van der Waals surface area contributed by atoms with Crippen LogP contribution in [0.5, 0.6) is 0 Å². The van der Waals surface area contributed by atoms with E-state index < -0.39 is 5.60 Å². The summed E-state index contributed by atoms with van der Waals surface area (Å²) in [5.41, 5.74) is 0.688. The number of benzene rings is 2. The fourth-order valence-electron chi connectivity index (χ4n) is 1.83. The van der Waals surface area contributed by atoms with Crippen LogP contribution in [0, 0.1) is 11.3 Å². The molecule has 0 radical (unpaired) electrons. The van der Waals surface area contributed by atoms with Crippen molar-refractivity contribution in [1.29, 1.82) is 5.26 Å². The van der Waals surface area contributed by atoms with Gasteiger partial charge in [-0.1, -0.05) is 41.4 Å². The molecule has 0 aliphatic carbocycles. The Kier molecular flexibility index (Phi) is 3.82. The van der Waals surface area contributed by atoms with Crippen molar-refractivity contribution in [2.24, 2.45) is 0 Å². The Morgan fingerprint density at radius 2 is 1.58 bits per heavy atom. The second-order valence-electron chi connectivity index (χ2n) is 4.39. The molecule has 2 nitrogen and oxygen atoms in total. The number of nitrogens with zero attached hydrogens (tertiary/aromatic N) is 1. The number of halogens is 2. The van der Waals surface area contributed by atoms with E-state index in [9.17, 15) is 5.11 Å². The van der Waals surface area contributed by atoms with Gasteiger partial charge in [0.15, 0.2) is 0 Å². The average molecular weight is 292 g/mol. The molecule has 4 heteroatoms. The second-order valence-corrected chi connectivity index (χ2v) is 5.20. The van der Waals surface area contributed by atoms with Crippen molar-refractivity contribution in [2.45, 2.75) is 12.5 Å². The topological polar surface area (TPSA) is 44.0 Å². The molecule has 0 amide bonds. The Balaban J connectivity index is 2.45. The number of hydrogen-bond donors (Lipinski definition) is 1. The molecule has 0 aromatic heterocycles. The summed E-state index contributed by atoms with van der Waals surface area (Å²) in [4.78, 5) is 0. The molecular weight excluding hydrogens is 281 g/mol. The molecular formula is C15H11Cl2NO. The largest absolute Gasteiger partial charge is 0.381 e. The molecule has 2 aromatic carbocycles. The first-order chi connectivity index (χ1) is 8.95. The lowest BCUT2D eigenvalue weighted by molar-refractivity contribution is 0.102. The molecule has 96 valence electrons. The summed E-state index contributed by atoms with van der Waals surface area (Å²) in [5.74, 6) is 0. The van der Waals surface area contributed by atoms with Gasteiger partial charge in [-0.2, -0.15) is 5.26 Å². The normalized spacial score (nSPS) is 13.6. The van der Waals surface area contributed by atoms with E-state index >= 15 is 0 Å². The van der Waals surface area contributed by atoms with Crippen LogP contribution in [-0.2, 0) is 5.60 Å². The lowest BCUT2D eigenvalue weighted by atomic mass is 9.88. The molecule has 2 aromatic rings. The Bertz CT molecular complexity index is 642. The van der Waals surface area contributed by atoms with E-state index in [1.165, 1.54) is 0 Å². The lowest BCUT2D eigenvalue weighted by Gasteiger charge is -2.25. The second kappa shape index (κ2) is 5.22. The van der Waals surface area contributed by atoms with Crippen molar-refractivity contribution in [3.63, 3.8) is 0 Å². The van der Waals surface area contributed by atoms with E-state index in [4.69, 9.17) is 28.5 Å². The van der Waals surface area contributed by atoms with Crippen LogP contribution in [0.3, 0.4) is 0 Å². The zero-order valence-electron chi connectivity index (χ0n) is 10.2. The molecule has 0 fully saturated rings. The third-order valence-corrected chi connectivity index (χ3v) is 3.80. The first-order valence-corrected chi connectivity index (χ1v) is 6.39. The number of aliphatic hydroxyl groups is 1. The van der Waals surface area contributed by atoms with Gasteiger partial charge in [0.25, 0.3) is 0 Å². The van der Waals surface area contributed by atoms with Gasteiger partial charge in [-0.3, -0.25) is 0 Å². The van der Waals surface area contributed by atoms with E-state index in [0.717, 1.165) is 0 Å². The molecule has 0 bridgehead atoms.